The molecule has 164 valence electrons. The van der Waals surface area contributed by atoms with Crippen molar-refractivity contribution in [2.45, 2.75) is 32.6 Å². The van der Waals surface area contributed by atoms with Crippen LogP contribution in [-0.4, -0.2) is 42.8 Å². The van der Waals surface area contributed by atoms with Crippen molar-refractivity contribution in [1.29, 1.82) is 0 Å². The first-order valence-corrected chi connectivity index (χ1v) is 10.6. The van der Waals surface area contributed by atoms with Crippen LogP contribution in [0.15, 0.2) is 23.3 Å². The number of amides is 2. The highest BCUT2D eigenvalue weighted by Crippen LogP contribution is 2.38. The predicted octanol–water partition coefficient (Wildman–Crippen LogP) is 2.61. The number of ether oxygens (including phenoxy) is 2. The van der Waals surface area contributed by atoms with E-state index in [0.29, 0.717) is 16.1 Å². The summed E-state index contributed by atoms with van der Waals surface area (Å²) in [6.45, 7) is 1.92. The number of phenolic OH excluding ortho intramolecular Hbond substituents is 1. The lowest BCUT2D eigenvalue weighted by Gasteiger charge is -2.12. The molecule has 0 bridgehead atoms. The van der Waals surface area contributed by atoms with Crippen LogP contribution < -0.4 is 15.5 Å². The molecule has 2 amide bonds. The van der Waals surface area contributed by atoms with Gasteiger partial charge in [-0.25, -0.2) is 10.2 Å². The maximum atomic E-state index is 12.4. The summed E-state index contributed by atoms with van der Waals surface area (Å²) in [6.07, 6.45) is 4.71. The number of thiophene rings is 1. The SMILES string of the molecule is CCOC(=O)c1c(NC(=O)C(=O)N/N=C\c2cccc(OC)c2O)sc2c1CCCC2. The number of benzene rings is 1. The third-order valence-electron chi connectivity index (χ3n) is 4.70. The quantitative estimate of drug-likeness (QED) is 0.272. The summed E-state index contributed by atoms with van der Waals surface area (Å²) in [4.78, 5) is 38.0. The highest BCUT2D eigenvalue weighted by molar-refractivity contribution is 7.17. The number of phenols is 1. The Kier molecular flexibility index (Phi) is 7.24. The monoisotopic (exact) mass is 445 g/mol. The van der Waals surface area contributed by atoms with Crippen molar-refractivity contribution in [3.05, 3.63) is 39.8 Å². The van der Waals surface area contributed by atoms with Gasteiger partial charge in [-0.3, -0.25) is 9.59 Å². The number of aromatic hydroxyl groups is 1. The first-order chi connectivity index (χ1) is 15.0. The van der Waals surface area contributed by atoms with Gasteiger partial charge in [0.25, 0.3) is 0 Å². The van der Waals surface area contributed by atoms with Crippen LogP contribution >= 0.6 is 11.3 Å². The number of nitrogens with one attached hydrogen (secondary N) is 2. The van der Waals surface area contributed by atoms with Gasteiger partial charge < -0.3 is 19.9 Å². The number of fused-ring (bicyclic) bond motifs is 1. The third-order valence-corrected chi connectivity index (χ3v) is 5.91. The van der Waals surface area contributed by atoms with Crippen molar-refractivity contribution in [2.24, 2.45) is 5.10 Å². The molecule has 1 aromatic carbocycles. The molecular weight excluding hydrogens is 422 g/mol. The molecule has 1 aliphatic carbocycles. The Balaban J connectivity index is 1.71. The number of methoxy groups -OCH3 is 1. The molecule has 0 saturated carbocycles. The second-order valence-corrected chi connectivity index (χ2v) is 7.79. The number of nitrogens with zero attached hydrogens (tertiary/aromatic N) is 1. The number of hydrazone groups is 1. The van der Waals surface area contributed by atoms with Crippen molar-refractivity contribution in [1.82, 2.24) is 5.43 Å². The Labute approximate surface area is 183 Å². The van der Waals surface area contributed by atoms with Crippen LogP contribution in [0.2, 0.25) is 0 Å². The summed E-state index contributed by atoms with van der Waals surface area (Å²) >= 11 is 1.29. The number of rotatable bonds is 6. The van der Waals surface area contributed by atoms with Gasteiger partial charge in [0, 0.05) is 10.4 Å². The number of hydrogen-bond acceptors (Lipinski definition) is 8. The van der Waals surface area contributed by atoms with Crippen LogP contribution in [0.4, 0.5) is 5.00 Å². The van der Waals surface area contributed by atoms with Gasteiger partial charge in [-0.2, -0.15) is 5.10 Å². The van der Waals surface area contributed by atoms with Crippen molar-refractivity contribution >= 4 is 40.3 Å². The van der Waals surface area contributed by atoms with Crippen molar-refractivity contribution in [3.8, 4) is 11.5 Å². The minimum atomic E-state index is -1.01. The number of carbonyl (C=O) groups is 3. The summed E-state index contributed by atoms with van der Waals surface area (Å²) in [5.74, 6) is -2.38. The number of anilines is 1. The Morgan fingerprint density at radius 2 is 2.00 bits per heavy atom. The van der Waals surface area contributed by atoms with Gasteiger partial charge in [-0.1, -0.05) is 6.07 Å². The van der Waals surface area contributed by atoms with E-state index in [2.05, 4.69) is 15.8 Å². The van der Waals surface area contributed by atoms with Crippen LogP contribution in [0.1, 0.15) is 46.1 Å². The van der Waals surface area contributed by atoms with E-state index in [4.69, 9.17) is 9.47 Å². The second kappa shape index (κ2) is 10.1. The zero-order valence-electron chi connectivity index (χ0n) is 17.2. The highest BCUT2D eigenvalue weighted by Gasteiger charge is 2.28. The van der Waals surface area contributed by atoms with Crippen LogP contribution in [-0.2, 0) is 27.2 Å². The van der Waals surface area contributed by atoms with Crippen LogP contribution in [0, 0.1) is 0 Å². The lowest BCUT2D eigenvalue weighted by atomic mass is 9.95. The molecule has 0 atom stereocenters. The molecular formula is C21H23N3O6S. The molecule has 0 fully saturated rings. The normalized spacial score (nSPS) is 12.8. The smallest absolute Gasteiger partial charge is 0.341 e. The zero-order valence-corrected chi connectivity index (χ0v) is 18.0. The number of hydrogen-bond donors (Lipinski definition) is 3. The molecule has 31 heavy (non-hydrogen) atoms. The summed E-state index contributed by atoms with van der Waals surface area (Å²) in [5.41, 5.74) is 3.62. The van der Waals surface area contributed by atoms with Crippen molar-refractivity contribution in [3.63, 3.8) is 0 Å². The van der Waals surface area contributed by atoms with E-state index in [9.17, 15) is 19.5 Å². The molecule has 9 nitrogen and oxygen atoms in total. The number of esters is 1. The summed E-state index contributed by atoms with van der Waals surface area (Å²) in [7, 11) is 1.41. The maximum absolute atomic E-state index is 12.4. The Morgan fingerprint density at radius 3 is 2.74 bits per heavy atom. The first kappa shape index (κ1) is 22.3. The molecule has 1 aliphatic rings. The van der Waals surface area contributed by atoms with Gasteiger partial charge >= 0.3 is 17.8 Å². The van der Waals surface area contributed by atoms with Gasteiger partial charge in [-0.05, 0) is 50.3 Å². The zero-order chi connectivity index (χ0) is 22.4. The maximum Gasteiger partial charge on any atom is 0.341 e. The minimum absolute atomic E-state index is 0.143. The highest BCUT2D eigenvalue weighted by atomic mass is 32.1. The molecule has 0 aliphatic heterocycles. The van der Waals surface area contributed by atoms with Gasteiger partial charge in [0.05, 0.1) is 25.5 Å². The molecule has 3 rings (SSSR count). The average Bonchev–Trinajstić information content (AvgIpc) is 3.12. The fourth-order valence-electron chi connectivity index (χ4n) is 3.25. The van der Waals surface area contributed by atoms with E-state index >= 15 is 0 Å². The van der Waals surface area contributed by atoms with Gasteiger partial charge in [0.15, 0.2) is 11.5 Å². The van der Waals surface area contributed by atoms with Crippen LogP contribution in [0.5, 0.6) is 11.5 Å². The van der Waals surface area contributed by atoms with E-state index < -0.39 is 17.8 Å². The predicted molar refractivity (Wildman–Crippen MR) is 116 cm³/mol. The summed E-state index contributed by atoms with van der Waals surface area (Å²) in [5, 5.41) is 16.5. The number of carbonyl (C=O) groups excluding carboxylic acids is 3. The minimum Gasteiger partial charge on any atom is -0.504 e. The van der Waals surface area contributed by atoms with E-state index in [1.165, 1.54) is 24.7 Å². The van der Waals surface area contributed by atoms with Crippen molar-refractivity contribution < 1.29 is 29.0 Å². The number of aryl methyl sites for hydroxylation is 1. The summed E-state index contributed by atoms with van der Waals surface area (Å²) in [6, 6.07) is 4.78. The van der Waals surface area contributed by atoms with E-state index in [-0.39, 0.29) is 18.1 Å². The fraction of sp³-hybridized carbons (Fsp3) is 0.333. The average molecular weight is 445 g/mol. The molecule has 1 aromatic heterocycles. The molecule has 0 radical (unpaired) electrons. The third kappa shape index (κ3) is 5.02. The molecule has 2 aromatic rings. The lowest BCUT2D eigenvalue weighted by Crippen LogP contribution is -2.32. The van der Waals surface area contributed by atoms with E-state index in [1.54, 1.807) is 25.1 Å². The van der Waals surface area contributed by atoms with Crippen molar-refractivity contribution in [2.75, 3.05) is 19.0 Å². The second-order valence-electron chi connectivity index (χ2n) is 6.69. The Bertz CT molecular complexity index is 1030. The largest absolute Gasteiger partial charge is 0.504 e. The standard InChI is InChI=1S/C21H23N3O6S/c1-3-30-21(28)16-13-8-4-5-10-15(13)31-20(16)23-18(26)19(27)24-22-11-12-7-6-9-14(29-2)17(12)25/h6-7,9,11,25H,3-5,8,10H2,1-2H3,(H,23,26)(H,24,27)/b22-11-. The topological polar surface area (TPSA) is 126 Å². The molecule has 3 N–H and O–H groups in total. The molecule has 1 heterocycles. The fourth-order valence-corrected chi connectivity index (χ4v) is 4.52. The molecule has 0 unspecified atom stereocenters. The Hall–Kier alpha value is -3.40. The number of para-hydroxylation sites is 1. The molecule has 10 heteroatoms. The Morgan fingerprint density at radius 1 is 1.23 bits per heavy atom. The van der Waals surface area contributed by atoms with E-state index in [1.807, 2.05) is 0 Å². The first-order valence-electron chi connectivity index (χ1n) is 9.78. The summed E-state index contributed by atoms with van der Waals surface area (Å²) < 4.78 is 10.1. The molecule has 0 saturated heterocycles. The van der Waals surface area contributed by atoms with Crippen LogP contribution in [0.3, 0.4) is 0 Å². The van der Waals surface area contributed by atoms with Gasteiger partial charge in [0.1, 0.15) is 5.00 Å². The molecule has 0 spiro atoms. The van der Waals surface area contributed by atoms with Crippen LogP contribution in [0.25, 0.3) is 0 Å². The van der Waals surface area contributed by atoms with Gasteiger partial charge in [0.2, 0.25) is 0 Å². The van der Waals surface area contributed by atoms with E-state index in [0.717, 1.165) is 36.1 Å². The van der Waals surface area contributed by atoms with Gasteiger partial charge in [-0.15, -0.1) is 11.3 Å². The lowest BCUT2D eigenvalue weighted by molar-refractivity contribution is -0.136.